The number of aliphatic hydroxyl groups excluding tert-OH is 2. The van der Waals surface area contributed by atoms with Gasteiger partial charge in [-0.1, -0.05) is 54.6 Å². The van der Waals surface area contributed by atoms with Gasteiger partial charge in [0.05, 0.1) is 17.0 Å². The molecule has 0 bridgehead atoms. The lowest BCUT2D eigenvalue weighted by atomic mass is 9.66. The summed E-state index contributed by atoms with van der Waals surface area (Å²) in [6.07, 6.45) is -6.13. The van der Waals surface area contributed by atoms with Crippen LogP contribution in [0.2, 0.25) is 0 Å². The summed E-state index contributed by atoms with van der Waals surface area (Å²) < 4.78 is 45.1. The highest BCUT2D eigenvalue weighted by Gasteiger charge is 2.68. The first-order chi connectivity index (χ1) is 18.9. The molecule has 2 saturated heterocycles. The molecule has 2 aromatic carbocycles. The molecule has 218 valence electrons. The van der Waals surface area contributed by atoms with Gasteiger partial charge < -0.3 is 30.4 Å². The van der Waals surface area contributed by atoms with E-state index in [4.69, 9.17) is 0 Å². The predicted octanol–water partition coefficient (Wildman–Crippen LogP) is 3.04. The highest BCUT2D eigenvalue weighted by Crippen LogP contribution is 2.57. The Kier molecular flexibility index (Phi) is 8.22. The zero-order chi connectivity index (χ0) is 29.3. The monoisotopic (exact) mass is 563 g/mol. The molecule has 2 aliphatic heterocycles. The lowest BCUT2D eigenvalue weighted by molar-refractivity contribution is -0.281. The molecule has 0 aliphatic carbocycles. The lowest BCUT2D eigenvalue weighted by Gasteiger charge is -2.57. The van der Waals surface area contributed by atoms with Crippen molar-refractivity contribution in [1.82, 2.24) is 15.1 Å². The van der Waals surface area contributed by atoms with Crippen LogP contribution in [-0.4, -0.2) is 82.6 Å². The van der Waals surface area contributed by atoms with Gasteiger partial charge >= 0.3 is 12.2 Å². The Labute approximate surface area is 231 Å². The topological polar surface area (TPSA) is 113 Å². The van der Waals surface area contributed by atoms with Crippen molar-refractivity contribution in [2.24, 2.45) is 5.41 Å². The third-order valence-electron chi connectivity index (χ3n) is 8.77. The van der Waals surface area contributed by atoms with Crippen LogP contribution in [0.3, 0.4) is 0 Å². The van der Waals surface area contributed by atoms with Crippen LogP contribution in [0.4, 0.5) is 18.0 Å². The van der Waals surface area contributed by atoms with E-state index in [0.29, 0.717) is 11.1 Å². The number of nitrogens with one attached hydrogen (secondary N) is 1. The van der Waals surface area contributed by atoms with E-state index < -0.39 is 41.2 Å². The second kappa shape index (κ2) is 11.0. The fourth-order valence-electron chi connectivity index (χ4n) is 6.84. The fraction of sp³-hybridized carbons (Fsp3) is 0.517. The number of aryl methyl sites for hydroxylation is 1. The summed E-state index contributed by atoms with van der Waals surface area (Å²) in [6.45, 7) is 0.962. The molecule has 2 aliphatic rings. The average molecular weight is 564 g/mol. The van der Waals surface area contributed by atoms with Crippen molar-refractivity contribution in [3.05, 3.63) is 71.3 Å². The highest BCUT2D eigenvalue weighted by molar-refractivity contribution is 5.87. The fourth-order valence-corrected chi connectivity index (χ4v) is 6.84. The van der Waals surface area contributed by atoms with Crippen LogP contribution in [0.25, 0.3) is 0 Å². The number of benzene rings is 2. The van der Waals surface area contributed by atoms with Crippen LogP contribution < -0.4 is 5.32 Å². The molecule has 0 aromatic heterocycles. The molecular weight excluding hydrogens is 527 g/mol. The first kappa shape index (κ1) is 29.8. The number of amides is 3. The lowest BCUT2D eigenvalue weighted by Crippen LogP contribution is -2.70. The van der Waals surface area contributed by atoms with E-state index in [-0.39, 0.29) is 57.0 Å². The van der Waals surface area contributed by atoms with Crippen molar-refractivity contribution in [3.8, 4) is 0 Å². The number of nitrogens with zero attached hydrogens (tertiary/aromatic N) is 2. The number of alkyl halides is 3. The Morgan fingerprint density at radius 1 is 1.02 bits per heavy atom. The molecule has 4 N–H and O–H groups in total. The van der Waals surface area contributed by atoms with E-state index in [9.17, 15) is 24.9 Å². The molecule has 2 aromatic rings. The van der Waals surface area contributed by atoms with Crippen LogP contribution in [0.1, 0.15) is 42.4 Å². The van der Waals surface area contributed by atoms with Gasteiger partial charge in [0.2, 0.25) is 5.91 Å². The summed E-state index contributed by atoms with van der Waals surface area (Å²) in [5.41, 5.74) is -5.87. The van der Waals surface area contributed by atoms with Gasteiger partial charge in [0, 0.05) is 39.8 Å². The number of hydrogen-bond donors (Lipinski definition) is 4. The molecule has 8 nitrogen and oxygen atoms in total. The first-order valence-electron chi connectivity index (χ1n) is 13.3. The maximum Gasteiger partial charge on any atom is 0.421 e. The molecule has 0 spiro atoms. The third kappa shape index (κ3) is 4.63. The minimum absolute atomic E-state index is 0.00540. The highest BCUT2D eigenvalue weighted by atomic mass is 19.4. The molecule has 4 rings (SSSR count). The second-order valence-corrected chi connectivity index (χ2v) is 10.8. The maximum atomic E-state index is 15.0. The number of rotatable bonds is 8. The van der Waals surface area contributed by atoms with Crippen molar-refractivity contribution in [2.45, 2.75) is 56.0 Å². The minimum Gasteiger partial charge on any atom is -0.396 e. The van der Waals surface area contributed by atoms with E-state index in [1.54, 1.807) is 37.3 Å². The SMILES string of the molecule is CNC(=O)N1CCN2C(=O)C(CCO)(CCO)CC2C1(CC(O)(c1ccccc1)C(F)(F)F)c1ccccc1C. The summed E-state index contributed by atoms with van der Waals surface area (Å²) in [6, 6.07) is 11.9. The van der Waals surface area contributed by atoms with Crippen LogP contribution in [0.5, 0.6) is 0 Å². The van der Waals surface area contributed by atoms with Crippen molar-refractivity contribution in [2.75, 3.05) is 33.4 Å². The van der Waals surface area contributed by atoms with Crippen LogP contribution in [-0.2, 0) is 15.9 Å². The van der Waals surface area contributed by atoms with Crippen LogP contribution in [0.15, 0.2) is 54.6 Å². The molecule has 0 saturated carbocycles. The van der Waals surface area contributed by atoms with Gasteiger partial charge in [0.15, 0.2) is 5.60 Å². The standard InChI is InChI=1S/C29H36F3N3O5/c1-20-8-6-7-11-22(20)27(19-28(40,29(30,31)32)21-9-4-3-5-10-21)23-18-26(12-16-36,13-17-37)24(38)34(23)14-15-35(27)25(39)33-2/h3-11,23,36-37,40H,12-19H2,1-2H3,(H,33,39). The number of carbonyl (C=O) groups excluding carboxylic acids is 2. The number of piperazine rings is 1. The van der Waals surface area contributed by atoms with Gasteiger partial charge in [-0.25, -0.2) is 4.79 Å². The quantitative estimate of drug-likeness (QED) is 0.395. The minimum atomic E-state index is -5.14. The Balaban J connectivity index is 2.06. The molecule has 0 radical (unpaired) electrons. The molecular formula is C29H36F3N3O5. The molecule has 2 heterocycles. The smallest absolute Gasteiger partial charge is 0.396 e. The average Bonchev–Trinajstić information content (AvgIpc) is 3.20. The Bertz CT molecular complexity index is 1220. The first-order valence-corrected chi connectivity index (χ1v) is 13.3. The number of aliphatic hydroxyl groups is 3. The summed E-state index contributed by atoms with van der Waals surface area (Å²) in [4.78, 5) is 30.2. The van der Waals surface area contributed by atoms with Gasteiger partial charge in [-0.3, -0.25) is 4.79 Å². The van der Waals surface area contributed by atoms with Crippen molar-refractivity contribution in [3.63, 3.8) is 0 Å². The van der Waals surface area contributed by atoms with Gasteiger partial charge in [-0.15, -0.1) is 0 Å². The predicted molar refractivity (Wildman–Crippen MR) is 141 cm³/mol. The Morgan fingerprint density at radius 2 is 1.62 bits per heavy atom. The van der Waals surface area contributed by atoms with Crippen LogP contribution in [0, 0.1) is 12.3 Å². The largest absolute Gasteiger partial charge is 0.421 e. The number of halogens is 3. The van der Waals surface area contributed by atoms with Gasteiger partial charge in [-0.2, -0.15) is 13.2 Å². The number of hydrogen-bond acceptors (Lipinski definition) is 5. The Morgan fingerprint density at radius 3 is 2.17 bits per heavy atom. The summed E-state index contributed by atoms with van der Waals surface area (Å²) >= 11 is 0. The number of urea groups is 1. The molecule has 3 atom stereocenters. The zero-order valence-corrected chi connectivity index (χ0v) is 22.6. The molecule has 11 heteroatoms. The van der Waals surface area contributed by atoms with E-state index in [0.717, 1.165) is 0 Å². The van der Waals surface area contributed by atoms with Gasteiger partial charge in [0.1, 0.15) is 0 Å². The molecule has 2 fully saturated rings. The van der Waals surface area contributed by atoms with Gasteiger partial charge in [0.25, 0.3) is 0 Å². The zero-order valence-electron chi connectivity index (χ0n) is 22.6. The molecule has 3 unspecified atom stereocenters. The number of carbonyl (C=O) groups is 2. The summed E-state index contributed by atoms with van der Waals surface area (Å²) in [5, 5.41) is 34.0. The van der Waals surface area contributed by atoms with E-state index in [1.807, 2.05) is 0 Å². The summed E-state index contributed by atoms with van der Waals surface area (Å²) in [5.74, 6) is -0.384. The van der Waals surface area contributed by atoms with Crippen LogP contribution >= 0.6 is 0 Å². The van der Waals surface area contributed by atoms with Crippen molar-refractivity contribution < 1.29 is 38.1 Å². The summed E-state index contributed by atoms with van der Waals surface area (Å²) in [7, 11) is 1.38. The number of fused-ring (bicyclic) bond motifs is 1. The van der Waals surface area contributed by atoms with E-state index >= 15 is 13.2 Å². The van der Waals surface area contributed by atoms with Crippen molar-refractivity contribution in [1.29, 1.82) is 0 Å². The third-order valence-corrected chi connectivity index (χ3v) is 8.77. The van der Waals surface area contributed by atoms with Gasteiger partial charge in [-0.05, 0) is 42.9 Å². The Hall–Kier alpha value is -3.15. The second-order valence-electron chi connectivity index (χ2n) is 10.8. The molecule has 3 amide bonds. The van der Waals surface area contributed by atoms with Crippen molar-refractivity contribution >= 4 is 11.9 Å². The molecule has 40 heavy (non-hydrogen) atoms. The normalized spacial score (nSPS) is 24.0. The van der Waals surface area contributed by atoms with E-state index in [1.165, 1.54) is 41.1 Å². The maximum absolute atomic E-state index is 15.0. The van der Waals surface area contributed by atoms with E-state index in [2.05, 4.69) is 5.32 Å².